The average molecular weight is 211 g/mol. The molecular formula is C13H25NO. The van der Waals surface area contributed by atoms with E-state index in [9.17, 15) is 5.11 Å². The van der Waals surface area contributed by atoms with Crippen LogP contribution in [0.3, 0.4) is 0 Å². The van der Waals surface area contributed by atoms with Gasteiger partial charge >= 0.3 is 0 Å². The molecule has 4 unspecified atom stereocenters. The third-order valence-corrected chi connectivity index (χ3v) is 4.41. The predicted octanol–water partition coefficient (Wildman–Crippen LogP) is 2.32. The molecule has 4 atom stereocenters. The fraction of sp³-hybridized carbons (Fsp3) is 1.00. The Morgan fingerprint density at radius 2 is 1.87 bits per heavy atom. The second kappa shape index (κ2) is 5.31. The molecule has 0 aromatic heterocycles. The summed E-state index contributed by atoms with van der Waals surface area (Å²) < 4.78 is 0. The Balaban J connectivity index is 1.72. The molecule has 0 aromatic rings. The van der Waals surface area contributed by atoms with Crippen molar-refractivity contribution >= 4 is 0 Å². The smallest absolute Gasteiger partial charge is 0.0693 e. The predicted molar refractivity (Wildman–Crippen MR) is 62.8 cm³/mol. The van der Waals surface area contributed by atoms with Crippen LogP contribution in [0.25, 0.3) is 0 Å². The van der Waals surface area contributed by atoms with Crippen LogP contribution in [0.5, 0.6) is 0 Å². The van der Waals surface area contributed by atoms with E-state index in [0.29, 0.717) is 6.04 Å². The zero-order valence-electron chi connectivity index (χ0n) is 9.91. The van der Waals surface area contributed by atoms with Crippen molar-refractivity contribution in [3.8, 4) is 0 Å². The van der Waals surface area contributed by atoms with Crippen LogP contribution in [0, 0.1) is 11.8 Å². The van der Waals surface area contributed by atoms with Crippen molar-refractivity contribution < 1.29 is 5.11 Å². The standard InChI is InChI=1S/C13H25NO/c1-10-5-2-3-6-11(10)9-14-12-7-4-8-13(12)15/h10-15H,2-9H2,1H3. The fourth-order valence-corrected chi connectivity index (χ4v) is 3.18. The van der Waals surface area contributed by atoms with Crippen LogP contribution in [-0.2, 0) is 0 Å². The summed E-state index contributed by atoms with van der Waals surface area (Å²) in [6, 6.07) is 0.388. The third kappa shape index (κ3) is 2.94. The molecule has 0 bridgehead atoms. The van der Waals surface area contributed by atoms with Gasteiger partial charge < -0.3 is 10.4 Å². The molecule has 0 amide bonds. The molecule has 0 aromatic carbocycles. The Morgan fingerprint density at radius 1 is 1.07 bits per heavy atom. The molecule has 2 aliphatic rings. The average Bonchev–Trinajstić information content (AvgIpc) is 2.63. The van der Waals surface area contributed by atoms with Gasteiger partial charge in [0.1, 0.15) is 0 Å². The molecule has 2 fully saturated rings. The summed E-state index contributed by atoms with van der Waals surface area (Å²) >= 11 is 0. The van der Waals surface area contributed by atoms with Crippen LogP contribution in [0.2, 0.25) is 0 Å². The SMILES string of the molecule is CC1CCCCC1CNC1CCCC1O. The molecule has 2 rings (SSSR count). The molecule has 0 radical (unpaired) electrons. The van der Waals surface area contributed by atoms with Crippen molar-refractivity contribution in [2.24, 2.45) is 11.8 Å². The molecular weight excluding hydrogens is 186 g/mol. The summed E-state index contributed by atoms with van der Waals surface area (Å²) in [5.74, 6) is 1.73. The van der Waals surface area contributed by atoms with Crippen molar-refractivity contribution in [3.63, 3.8) is 0 Å². The summed E-state index contributed by atoms with van der Waals surface area (Å²) in [6.45, 7) is 3.51. The maximum absolute atomic E-state index is 9.72. The Bertz CT molecular complexity index is 195. The zero-order chi connectivity index (χ0) is 10.7. The minimum Gasteiger partial charge on any atom is -0.392 e. The highest BCUT2D eigenvalue weighted by atomic mass is 16.3. The van der Waals surface area contributed by atoms with Gasteiger partial charge in [-0.25, -0.2) is 0 Å². The number of aliphatic hydroxyl groups is 1. The maximum Gasteiger partial charge on any atom is 0.0693 e. The summed E-state index contributed by atoms with van der Waals surface area (Å²) in [6.07, 6.45) is 8.90. The van der Waals surface area contributed by atoms with E-state index in [0.717, 1.165) is 24.8 Å². The molecule has 0 saturated heterocycles. The first-order chi connectivity index (χ1) is 7.27. The van der Waals surface area contributed by atoms with Crippen molar-refractivity contribution in [3.05, 3.63) is 0 Å². The Kier molecular flexibility index (Phi) is 4.04. The molecule has 15 heavy (non-hydrogen) atoms. The van der Waals surface area contributed by atoms with Crippen molar-refractivity contribution in [2.75, 3.05) is 6.54 Å². The topological polar surface area (TPSA) is 32.3 Å². The van der Waals surface area contributed by atoms with E-state index >= 15 is 0 Å². The minimum absolute atomic E-state index is 0.0797. The number of rotatable bonds is 3. The van der Waals surface area contributed by atoms with Gasteiger partial charge in [-0.3, -0.25) is 0 Å². The summed E-state index contributed by atoms with van der Waals surface area (Å²) in [5.41, 5.74) is 0. The van der Waals surface area contributed by atoms with Gasteiger partial charge in [-0.1, -0.05) is 26.2 Å². The van der Waals surface area contributed by atoms with Crippen molar-refractivity contribution in [1.29, 1.82) is 0 Å². The fourth-order valence-electron chi connectivity index (χ4n) is 3.18. The Morgan fingerprint density at radius 3 is 2.53 bits per heavy atom. The van der Waals surface area contributed by atoms with Crippen molar-refractivity contribution in [1.82, 2.24) is 5.32 Å². The van der Waals surface area contributed by atoms with E-state index in [2.05, 4.69) is 12.2 Å². The minimum atomic E-state index is -0.0797. The second-order valence-corrected chi connectivity index (χ2v) is 5.53. The van der Waals surface area contributed by atoms with Crippen LogP contribution in [-0.4, -0.2) is 23.8 Å². The zero-order valence-corrected chi connectivity index (χ0v) is 9.91. The van der Waals surface area contributed by atoms with E-state index < -0.39 is 0 Å². The van der Waals surface area contributed by atoms with Gasteiger partial charge in [0.25, 0.3) is 0 Å². The number of aliphatic hydroxyl groups excluding tert-OH is 1. The third-order valence-electron chi connectivity index (χ3n) is 4.41. The molecule has 2 heteroatoms. The van der Waals surface area contributed by atoms with Gasteiger partial charge in [0.15, 0.2) is 0 Å². The molecule has 0 aliphatic heterocycles. The Labute approximate surface area is 93.5 Å². The highest BCUT2D eigenvalue weighted by Gasteiger charge is 2.27. The molecule has 0 heterocycles. The van der Waals surface area contributed by atoms with Crippen LogP contribution in [0.15, 0.2) is 0 Å². The lowest BCUT2D eigenvalue weighted by atomic mass is 9.80. The second-order valence-electron chi connectivity index (χ2n) is 5.53. The summed E-state index contributed by atoms with van der Waals surface area (Å²) in [5, 5.41) is 13.3. The van der Waals surface area contributed by atoms with Gasteiger partial charge in [-0.2, -0.15) is 0 Å². The van der Waals surface area contributed by atoms with Gasteiger partial charge in [-0.15, -0.1) is 0 Å². The number of nitrogens with one attached hydrogen (secondary N) is 1. The summed E-state index contributed by atoms with van der Waals surface area (Å²) in [4.78, 5) is 0. The molecule has 2 N–H and O–H groups in total. The van der Waals surface area contributed by atoms with E-state index in [1.807, 2.05) is 0 Å². The molecule has 0 spiro atoms. The number of hydrogen-bond donors (Lipinski definition) is 2. The van der Waals surface area contributed by atoms with E-state index in [4.69, 9.17) is 0 Å². The normalized spacial score (nSPS) is 42.0. The quantitative estimate of drug-likeness (QED) is 0.751. The van der Waals surface area contributed by atoms with Crippen molar-refractivity contribution in [2.45, 2.75) is 64.0 Å². The van der Waals surface area contributed by atoms with Gasteiger partial charge in [0.05, 0.1) is 6.10 Å². The van der Waals surface area contributed by atoms with Gasteiger partial charge in [0, 0.05) is 6.04 Å². The van der Waals surface area contributed by atoms with Gasteiger partial charge in [-0.05, 0) is 44.1 Å². The largest absolute Gasteiger partial charge is 0.392 e. The van der Waals surface area contributed by atoms with Crippen LogP contribution in [0.1, 0.15) is 51.9 Å². The van der Waals surface area contributed by atoms with Crippen LogP contribution >= 0.6 is 0 Å². The van der Waals surface area contributed by atoms with Crippen LogP contribution < -0.4 is 5.32 Å². The molecule has 2 nitrogen and oxygen atoms in total. The first-order valence-electron chi connectivity index (χ1n) is 6.69. The first-order valence-corrected chi connectivity index (χ1v) is 6.69. The molecule has 88 valence electrons. The van der Waals surface area contributed by atoms with E-state index in [-0.39, 0.29) is 6.10 Å². The van der Waals surface area contributed by atoms with Crippen LogP contribution in [0.4, 0.5) is 0 Å². The molecule has 2 aliphatic carbocycles. The van der Waals surface area contributed by atoms with E-state index in [1.165, 1.54) is 38.5 Å². The van der Waals surface area contributed by atoms with Gasteiger partial charge in [0.2, 0.25) is 0 Å². The summed E-state index contributed by atoms with van der Waals surface area (Å²) in [7, 11) is 0. The lowest BCUT2D eigenvalue weighted by molar-refractivity contribution is 0.140. The number of hydrogen-bond acceptors (Lipinski definition) is 2. The molecule has 2 saturated carbocycles. The lowest BCUT2D eigenvalue weighted by Gasteiger charge is -2.30. The Hall–Kier alpha value is -0.0800. The highest BCUT2D eigenvalue weighted by molar-refractivity contribution is 4.84. The highest BCUT2D eigenvalue weighted by Crippen LogP contribution is 2.29. The first kappa shape index (κ1) is 11.4. The van der Waals surface area contributed by atoms with E-state index in [1.54, 1.807) is 0 Å². The maximum atomic E-state index is 9.72. The lowest BCUT2D eigenvalue weighted by Crippen LogP contribution is -2.40. The monoisotopic (exact) mass is 211 g/mol.